The van der Waals surface area contributed by atoms with Crippen molar-refractivity contribution >= 4 is 10.9 Å². The van der Waals surface area contributed by atoms with Gasteiger partial charge in [-0.1, -0.05) is 30.3 Å². The Bertz CT molecular complexity index is 1130. The van der Waals surface area contributed by atoms with E-state index in [0.29, 0.717) is 11.5 Å². The van der Waals surface area contributed by atoms with Crippen molar-refractivity contribution < 1.29 is 9.47 Å². The van der Waals surface area contributed by atoms with Crippen LogP contribution >= 0.6 is 0 Å². The van der Waals surface area contributed by atoms with E-state index in [0.717, 1.165) is 39.4 Å². The third kappa shape index (κ3) is 3.19. The highest BCUT2D eigenvalue weighted by Crippen LogP contribution is 2.31. The van der Waals surface area contributed by atoms with Gasteiger partial charge in [0.1, 0.15) is 17.2 Å². The molecule has 0 N–H and O–H groups in total. The third-order valence-corrected chi connectivity index (χ3v) is 4.43. The van der Waals surface area contributed by atoms with E-state index in [1.54, 1.807) is 14.2 Å². The van der Waals surface area contributed by atoms with Gasteiger partial charge in [0.15, 0.2) is 5.82 Å². The number of aryl methyl sites for hydroxylation is 1. The lowest BCUT2D eigenvalue weighted by Gasteiger charge is -2.11. The van der Waals surface area contributed by atoms with Crippen LogP contribution in [0.25, 0.3) is 33.7 Å². The van der Waals surface area contributed by atoms with Crippen LogP contribution in [-0.2, 0) is 0 Å². The van der Waals surface area contributed by atoms with Gasteiger partial charge in [-0.15, -0.1) is 0 Å². The summed E-state index contributed by atoms with van der Waals surface area (Å²) in [6.45, 7) is 1.91. The highest BCUT2D eigenvalue weighted by molar-refractivity contribution is 5.93. The summed E-state index contributed by atoms with van der Waals surface area (Å²) in [5.41, 5.74) is 4.21. The molecule has 0 unspecified atom stereocenters. The minimum Gasteiger partial charge on any atom is -0.497 e. The first-order chi connectivity index (χ1) is 13.2. The minimum atomic E-state index is 0.581. The molecule has 0 amide bonds. The molecule has 0 saturated carbocycles. The van der Waals surface area contributed by atoms with E-state index in [9.17, 15) is 0 Å². The molecule has 2 aromatic heterocycles. The number of para-hydroxylation sites is 1. The number of pyridine rings is 1. The summed E-state index contributed by atoms with van der Waals surface area (Å²) in [5, 5.41) is 0.986. The first-order valence-electron chi connectivity index (χ1n) is 8.63. The van der Waals surface area contributed by atoms with E-state index in [-0.39, 0.29) is 0 Å². The number of aromatic nitrogens is 3. The Morgan fingerprint density at radius 1 is 0.778 bits per heavy atom. The van der Waals surface area contributed by atoms with Crippen molar-refractivity contribution in [2.45, 2.75) is 6.92 Å². The predicted molar refractivity (Wildman–Crippen MR) is 106 cm³/mol. The fourth-order valence-corrected chi connectivity index (χ4v) is 3.07. The smallest absolute Gasteiger partial charge is 0.179 e. The van der Waals surface area contributed by atoms with E-state index < -0.39 is 0 Å². The normalized spacial score (nSPS) is 10.8. The SMILES string of the molecule is COc1cccc(-c2nc(-c3ccc(OC)c(C)n3)nc3ccccc23)c1. The molecule has 5 heteroatoms. The molecule has 134 valence electrons. The molecule has 2 heterocycles. The molecule has 0 atom stereocenters. The molecule has 0 spiro atoms. The molecule has 0 aliphatic carbocycles. The Kier molecular flexibility index (Phi) is 4.42. The van der Waals surface area contributed by atoms with Gasteiger partial charge in [0.25, 0.3) is 0 Å². The zero-order valence-corrected chi connectivity index (χ0v) is 15.4. The van der Waals surface area contributed by atoms with E-state index in [4.69, 9.17) is 19.4 Å². The van der Waals surface area contributed by atoms with E-state index in [1.807, 2.05) is 67.6 Å². The first-order valence-corrected chi connectivity index (χ1v) is 8.63. The number of hydrogen-bond donors (Lipinski definition) is 0. The van der Waals surface area contributed by atoms with Crippen LogP contribution in [0, 0.1) is 6.92 Å². The molecule has 4 aromatic rings. The summed E-state index contributed by atoms with van der Waals surface area (Å²) >= 11 is 0. The fourth-order valence-electron chi connectivity index (χ4n) is 3.07. The standard InChI is InChI=1S/C22H19N3O2/c1-14-20(27-3)12-11-19(23-14)22-24-18-10-5-4-9-17(18)21(25-22)15-7-6-8-16(13-15)26-2/h4-13H,1-3H3. The van der Waals surface area contributed by atoms with E-state index >= 15 is 0 Å². The van der Waals surface area contributed by atoms with Gasteiger partial charge in [-0.25, -0.2) is 15.0 Å². The van der Waals surface area contributed by atoms with Crippen LogP contribution in [0.15, 0.2) is 60.7 Å². The van der Waals surface area contributed by atoms with Gasteiger partial charge in [-0.05, 0) is 37.3 Å². The number of ether oxygens (including phenoxy) is 2. The highest BCUT2D eigenvalue weighted by Gasteiger charge is 2.13. The van der Waals surface area contributed by atoms with Gasteiger partial charge in [-0.3, -0.25) is 0 Å². The van der Waals surface area contributed by atoms with Crippen molar-refractivity contribution in [2.24, 2.45) is 0 Å². The molecule has 0 aliphatic rings. The van der Waals surface area contributed by atoms with Gasteiger partial charge in [-0.2, -0.15) is 0 Å². The Hall–Kier alpha value is -3.47. The Morgan fingerprint density at radius 2 is 1.63 bits per heavy atom. The molecular weight excluding hydrogens is 338 g/mol. The maximum absolute atomic E-state index is 5.37. The molecule has 0 fully saturated rings. The Morgan fingerprint density at radius 3 is 2.41 bits per heavy atom. The number of hydrogen-bond acceptors (Lipinski definition) is 5. The lowest BCUT2D eigenvalue weighted by atomic mass is 10.1. The van der Waals surface area contributed by atoms with Crippen molar-refractivity contribution in [3.63, 3.8) is 0 Å². The van der Waals surface area contributed by atoms with Crippen LogP contribution < -0.4 is 9.47 Å². The van der Waals surface area contributed by atoms with Crippen molar-refractivity contribution in [1.82, 2.24) is 15.0 Å². The summed E-state index contributed by atoms with van der Waals surface area (Å²) in [7, 11) is 3.30. The predicted octanol–water partition coefficient (Wildman–Crippen LogP) is 4.68. The van der Waals surface area contributed by atoms with Crippen molar-refractivity contribution in [2.75, 3.05) is 14.2 Å². The summed E-state index contributed by atoms with van der Waals surface area (Å²) in [6.07, 6.45) is 0. The lowest BCUT2D eigenvalue weighted by molar-refractivity contribution is 0.409. The summed E-state index contributed by atoms with van der Waals surface area (Å²) in [6, 6.07) is 19.6. The van der Waals surface area contributed by atoms with Crippen molar-refractivity contribution in [3.8, 4) is 34.3 Å². The second kappa shape index (κ2) is 7.03. The molecule has 0 bridgehead atoms. The summed E-state index contributed by atoms with van der Waals surface area (Å²) in [4.78, 5) is 14.2. The van der Waals surface area contributed by atoms with Gasteiger partial charge >= 0.3 is 0 Å². The van der Waals surface area contributed by atoms with Crippen LogP contribution in [0.1, 0.15) is 5.69 Å². The monoisotopic (exact) mass is 357 g/mol. The maximum Gasteiger partial charge on any atom is 0.179 e. The average Bonchev–Trinajstić information content (AvgIpc) is 2.73. The second-order valence-corrected chi connectivity index (χ2v) is 6.13. The van der Waals surface area contributed by atoms with Crippen LogP contribution in [0.5, 0.6) is 11.5 Å². The van der Waals surface area contributed by atoms with Crippen LogP contribution in [0.3, 0.4) is 0 Å². The van der Waals surface area contributed by atoms with Gasteiger partial charge in [0, 0.05) is 10.9 Å². The Balaban J connectivity index is 1.94. The zero-order chi connectivity index (χ0) is 18.8. The first kappa shape index (κ1) is 17.0. The number of fused-ring (bicyclic) bond motifs is 1. The summed E-state index contributed by atoms with van der Waals surface area (Å²) < 4.78 is 10.7. The molecule has 0 saturated heterocycles. The highest BCUT2D eigenvalue weighted by atomic mass is 16.5. The number of benzene rings is 2. The van der Waals surface area contributed by atoms with Crippen LogP contribution in [-0.4, -0.2) is 29.2 Å². The zero-order valence-electron chi connectivity index (χ0n) is 15.4. The number of nitrogens with zero attached hydrogens (tertiary/aromatic N) is 3. The van der Waals surface area contributed by atoms with Crippen LogP contribution in [0.2, 0.25) is 0 Å². The third-order valence-electron chi connectivity index (χ3n) is 4.43. The molecular formula is C22H19N3O2. The van der Waals surface area contributed by atoms with Crippen molar-refractivity contribution in [1.29, 1.82) is 0 Å². The summed E-state index contributed by atoms with van der Waals surface area (Å²) in [5.74, 6) is 2.11. The van der Waals surface area contributed by atoms with Crippen molar-refractivity contribution in [3.05, 3.63) is 66.4 Å². The minimum absolute atomic E-state index is 0.581. The molecule has 2 aromatic carbocycles. The fraction of sp³-hybridized carbons (Fsp3) is 0.136. The molecule has 5 nitrogen and oxygen atoms in total. The Labute approximate surface area is 157 Å². The molecule has 4 rings (SSSR count). The second-order valence-electron chi connectivity index (χ2n) is 6.13. The average molecular weight is 357 g/mol. The number of rotatable bonds is 4. The molecule has 0 aliphatic heterocycles. The van der Waals surface area contributed by atoms with Crippen LogP contribution in [0.4, 0.5) is 0 Å². The lowest BCUT2D eigenvalue weighted by Crippen LogP contribution is -1.99. The molecule has 27 heavy (non-hydrogen) atoms. The van der Waals surface area contributed by atoms with Gasteiger partial charge in [0.05, 0.1) is 31.1 Å². The topological polar surface area (TPSA) is 57.1 Å². The van der Waals surface area contributed by atoms with Gasteiger partial charge in [0.2, 0.25) is 0 Å². The van der Waals surface area contributed by atoms with E-state index in [1.165, 1.54) is 0 Å². The van der Waals surface area contributed by atoms with Gasteiger partial charge < -0.3 is 9.47 Å². The quantitative estimate of drug-likeness (QED) is 0.530. The van der Waals surface area contributed by atoms with E-state index in [2.05, 4.69) is 4.98 Å². The maximum atomic E-state index is 5.37. The molecule has 0 radical (unpaired) electrons. The number of methoxy groups -OCH3 is 2. The largest absolute Gasteiger partial charge is 0.497 e.